The van der Waals surface area contributed by atoms with Gasteiger partial charge in [0.05, 0.1) is 7.11 Å². The normalized spacial score (nSPS) is 10.7. The summed E-state index contributed by atoms with van der Waals surface area (Å²) in [6.07, 6.45) is 0.710. The first-order chi connectivity index (χ1) is 11.5. The molecule has 0 spiro atoms. The minimum absolute atomic E-state index is 0.196. The first-order valence-electron chi connectivity index (χ1n) is 7.99. The molecule has 1 N–H and O–H groups in total. The highest BCUT2D eigenvalue weighted by Gasteiger charge is 2.10. The van der Waals surface area contributed by atoms with Crippen LogP contribution in [0.3, 0.4) is 0 Å². The van der Waals surface area contributed by atoms with Crippen molar-refractivity contribution in [2.45, 2.75) is 26.8 Å². The second-order valence-electron chi connectivity index (χ2n) is 5.99. The zero-order valence-corrected chi connectivity index (χ0v) is 14.3. The van der Waals surface area contributed by atoms with Crippen LogP contribution in [0.1, 0.15) is 29.9 Å². The highest BCUT2D eigenvalue weighted by atomic mass is 16.5. The Morgan fingerprint density at radius 2 is 1.92 bits per heavy atom. The summed E-state index contributed by atoms with van der Waals surface area (Å²) in [4.78, 5) is 23.9. The van der Waals surface area contributed by atoms with Gasteiger partial charge < -0.3 is 10.1 Å². The summed E-state index contributed by atoms with van der Waals surface area (Å²) in [6.45, 7) is 4.98. The Kier molecular flexibility index (Phi) is 6.12. The maximum Gasteiger partial charge on any atom is 0.271 e. The van der Waals surface area contributed by atoms with Crippen molar-refractivity contribution >= 4 is 5.91 Å². The average Bonchev–Trinajstić information content (AvgIpc) is 2.57. The summed E-state index contributed by atoms with van der Waals surface area (Å²) in [5.74, 6) is 0.809. The van der Waals surface area contributed by atoms with E-state index in [1.807, 2.05) is 38.1 Å². The fraction of sp³-hybridized carbons (Fsp3) is 0.389. The van der Waals surface area contributed by atoms with Crippen molar-refractivity contribution in [3.8, 4) is 5.75 Å². The van der Waals surface area contributed by atoms with E-state index in [1.165, 1.54) is 16.8 Å². The Hall–Kier alpha value is -2.63. The summed E-state index contributed by atoms with van der Waals surface area (Å²) < 4.78 is 6.45. The van der Waals surface area contributed by atoms with Crippen LogP contribution in [0.25, 0.3) is 0 Å². The molecular weight excluding hydrogens is 306 g/mol. The van der Waals surface area contributed by atoms with Gasteiger partial charge in [-0.05, 0) is 36.1 Å². The third-order valence-corrected chi connectivity index (χ3v) is 3.50. The van der Waals surface area contributed by atoms with E-state index in [9.17, 15) is 9.59 Å². The van der Waals surface area contributed by atoms with Crippen molar-refractivity contribution in [3.63, 3.8) is 0 Å². The largest absolute Gasteiger partial charge is 0.497 e. The fourth-order valence-electron chi connectivity index (χ4n) is 2.25. The van der Waals surface area contributed by atoms with Crippen molar-refractivity contribution in [2.24, 2.45) is 5.92 Å². The number of rotatable bonds is 7. The molecule has 2 rings (SSSR count). The highest BCUT2D eigenvalue weighted by molar-refractivity contribution is 5.91. The molecule has 1 heterocycles. The molecule has 1 amide bonds. The van der Waals surface area contributed by atoms with E-state index in [-0.39, 0.29) is 23.1 Å². The zero-order chi connectivity index (χ0) is 17.5. The van der Waals surface area contributed by atoms with E-state index in [0.29, 0.717) is 19.5 Å². The van der Waals surface area contributed by atoms with Gasteiger partial charge in [0, 0.05) is 19.2 Å². The third kappa shape index (κ3) is 4.94. The first kappa shape index (κ1) is 17.7. The van der Waals surface area contributed by atoms with Gasteiger partial charge >= 0.3 is 0 Å². The molecule has 128 valence electrons. The lowest BCUT2D eigenvalue weighted by Crippen LogP contribution is -2.31. The Labute approximate surface area is 141 Å². The number of ether oxygens (including phenoxy) is 1. The van der Waals surface area contributed by atoms with Crippen molar-refractivity contribution < 1.29 is 9.53 Å². The number of methoxy groups -OCH3 is 1. The van der Waals surface area contributed by atoms with Gasteiger partial charge in [0.25, 0.3) is 11.5 Å². The Balaban J connectivity index is 1.93. The number of nitrogens with one attached hydrogen (secondary N) is 1. The van der Waals surface area contributed by atoms with Crippen LogP contribution in [0.15, 0.2) is 41.2 Å². The monoisotopic (exact) mass is 329 g/mol. The van der Waals surface area contributed by atoms with E-state index >= 15 is 0 Å². The lowest BCUT2D eigenvalue weighted by Gasteiger charge is -2.09. The molecule has 0 saturated carbocycles. The lowest BCUT2D eigenvalue weighted by molar-refractivity contribution is 0.0946. The minimum Gasteiger partial charge on any atom is -0.497 e. The Morgan fingerprint density at radius 3 is 2.54 bits per heavy atom. The quantitative estimate of drug-likeness (QED) is 0.842. The average molecular weight is 329 g/mol. The number of nitrogens with zero attached hydrogens (tertiary/aromatic N) is 2. The van der Waals surface area contributed by atoms with Gasteiger partial charge in [-0.15, -0.1) is 0 Å². The van der Waals surface area contributed by atoms with Gasteiger partial charge in [-0.3, -0.25) is 9.59 Å². The molecule has 0 aliphatic heterocycles. The van der Waals surface area contributed by atoms with Crippen LogP contribution in [-0.2, 0) is 13.0 Å². The van der Waals surface area contributed by atoms with Gasteiger partial charge in [0.2, 0.25) is 0 Å². The standard InChI is InChI=1S/C18H23N3O3/c1-13(2)12-21-17(22)9-8-16(20-21)18(23)19-11-10-14-4-6-15(24-3)7-5-14/h4-9,13H,10-12H2,1-3H3,(H,19,23). The maximum atomic E-state index is 12.2. The van der Waals surface area contributed by atoms with Crippen LogP contribution < -0.4 is 15.6 Å². The Bertz CT molecular complexity index is 736. The molecule has 0 radical (unpaired) electrons. The van der Waals surface area contributed by atoms with E-state index in [4.69, 9.17) is 4.74 Å². The minimum atomic E-state index is -0.277. The summed E-state index contributed by atoms with van der Waals surface area (Å²) in [5, 5.41) is 6.96. The van der Waals surface area contributed by atoms with Crippen LogP contribution in [-0.4, -0.2) is 29.3 Å². The molecular formula is C18H23N3O3. The van der Waals surface area contributed by atoms with Gasteiger partial charge in [-0.25, -0.2) is 4.68 Å². The molecule has 2 aromatic rings. The Morgan fingerprint density at radius 1 is 1.21 bits per heavy atom. The summed E-state index contributed by atoms with van der Waals surface area (Å²) >= 11 is 0. The number of carbonyl (C=O) groups is 1. The van der Waals surface area contributed by atoms with Crippen LogP contribution in [0.5, 0.6) is 5.75 Å². The number of aromatic nitrogens is 2. The second kappa shape index (κ2) is 8.29. The fourth-order valence-corrected chi connectivity index (χ4v) is 2.25. The second-order valence-corrected chi connectivity index (χ2v) is 5.99. The molecule has 0 bridgehead atoms. The topological polar surface area (TPSA) is 73.2 Å². The van der Waals surface area contributed by atoms with Crippen molar-refractivity contribution in [1.29, 1.82) is 0 Å². The number of benzene rings is 1. The number of hydrogen-bond donors (Lipinski definition) is 1. The van der Waals surface area contributed by atoms with Crippen LogP contribution in [0, 0.1) is 5.92 Å². The molecule has 0 aliphatic rings. The molecule has 6 nitrogen and oxygen atoms in total. The SMILES string of the molecule is COc1ccc(CCNC(=O)c2ccc(=O)n(CC(C)C)n2)cc1. The predicted octanol–water partition coefficient (Wildman–Crippen LogP) is 1.88. The van der Waals surface area contributed by atoms with E-state index in [1.54, 1.807) is 7.11 Å². The number of carbonyl (C=O) groups excluding carboxylic acids is 1. The number of amides is 1. The van der Waals surface area contributed by atoms with Crippen LogP contribution in [0.4, 0.5) is 0 Å². The van der Waals surface area contributed by atoms with Crippen molar-refractivity contribution in [3.05, 3.63) is 58.0 Å². The molecule has 1 aromatic heterocycles. The van der Waals surface area contributed by atoms with Gasteiger partial charge in [0.1, 0.15) is 11.4 Å². The van der Waals surface area contributed by atoms with Gasteiger partial charge in [-0.1, -0.05) is 26.0 Å². The molecule has 6 heteroatoms. The summed E-state index contributed by atoms with van der Waals surface area (Å²) in [7, 11) is 1.63. The van der Waals surface area contributed by atoms with E-state index in [2.05, 4.69) is 10.4 Å². The maximum absolute atomic E-state index is 12.2. The highest BCUT2D eigenvalue weighted by Crippen LogP contribution is 2.11. The smallest absolute Gasteiger partial charge is 0.271 e. The summed E-state index contributed by atoms with van der Waals surface area (Å²) in [5.41, 5.74) is 1.16. The molecule has 24 heavy (non-hydrogen) atoms. The van der Waals surface area contributed by atoms with Gasteiger partial charge in [-0.2, -0.15) is 5.10 Å². The van der Waals surface area contributed by atoms with E-state index < -0.39 is 0 Å². The lowest BCUT2D eigenvalue weighted by atomic mass is 10.1. The number of hydrogen-bond acceptors (Lipinski definition) is 4. The zero-order valence-electron chi connectivity index (χ0n) is 14.3. The molecule has 1 aromatic carbocycles. The molecule has 0 fully saturated rings. The van der Waals surface area contributed by atoms with Crippen LogP contribution in [0.2, 0.25) is 0 Å². The predicted molar refractivity (Wildman–Crippen MR) is 92.4 cm³/mol. The molecule has 0 unspecified atom stereocenters. The van der Waals surface area contributed by atoms with Gasteiger partial charge in [0.15, 0.2) is 0 Å². The van der Waals surface area contributed by atoms with Crippen molar-refractivity contribution in [1.82, 2.24) is 15.1 Å². The molecule has 0 saturated heterocycles. The molecule has 0 aliphatic carbocycles. The van der Waals surface area contributed by atoms with Crippen LogP contribution >= 0.6 is 0 Å². The summed E-state index contributed by atoms with van der Waals surface area (Å²) in [6, 6.07) is 10.6. The van der Waals surface area contributed by atoms with E-state index in [0.717, 1.165) is 11.3 Å². The van der Waals surface area contributed by atoms with Crippen molar-refractivity contribution in [2.75, 3.05) is 13.7 Å². The third-order valence-electron chi connectivity index (χ3n) is 3.50. The molecule has 0 atom stereocenters. The first-order valence-corrected chi connectivity index (χ1v) is 7.99.